The molecule has 0 aliphatic carbocycles. The molecule has 1 aromatic heterocycles. The zero-order chi connectivity index (χ0) is 29.4. The SMILES string of the molecule is CC(C)c1cc(-c2nnc(C(=O)NCC(F)(F)F)n2-c2ccc(S(=O)(=O)N3CCN(C)CC3)cc2)c(O)cc1O. The molecule has 3 N–H and O–H groups in total. The number of hydrogen-bond acceptors (Lipinski definition) is 8. The summed E-state index contributed by atoms with van der Waals surface area (Å²) in [7, 11) is -1.92. The third-order valence-corrected chi connectivity index (χ3v) is 8.43. The average Bonchev–Trinajstić information content (AvgIpc) is 3.32. The smallest absolute Gasteiger partial charge is 0.405 e. The number of nitrogens with one attached hydrogen (secondary N) is 1. The van der Waals surface area contributed by atoms with E-state index in [-0.39, 0.29) is 33.6 Å². The van der Waals surface area contributed by atoms with E-state index in [9.17, 15) is 36.6 Å². The van der Waals surface area contributed by atoms with E-state index in [0.29, 0.717) is 31.7 Å². The van der Waals surface area contributed by atoms with Crippen LogP contribution in [0.25, 0.3) is 17.1 Å². The van der Waals surface area contributed by atoms with E-state index < -0.39 is 40.2 Å². The Morgan fingerprint density at radius 1 is 1.02 bits per heavy atom. The van der Waals surface area contributed by atoms with Gasteiger partial charge in [0.25, 0.3) is 5.91 Å². The van der Waals surface area contributed by atoms with Gasteiger partial charge in [-0.1, -0.05) is 13.8 Å². The summed E-state index contributed by atoms with van der Waals surface area (Å²) in [4.78, 5) is 14.8. The number of aromatic hydroxyl groups is 2. The van der Waals surface area contributed by atoms with Gasteiger partial charge in [0.1, 0.15) is 18.0 Å². The molecule has 0 atom stereocenters. The van der Waals surface area contributed by atoms with Crippen LogP contribution in [-0.2, 0) is 10.0 Å². The van der Waals surface area contributed by atoms with Crippen LogP contribution in [0.4, 0.5) is 13.2 Å². The lowest BCUT2D eigenvalue weighted by atomic mass is 9.98. The fourth-order valence-corrected chi connectivity index (χ4v) is 5.71. The van der Waals surface area contributed by atoms with Crippen LogP contribution in [0.2, 0.25) is 0 Å². The van der Waals surface area contributed by atoms with Gasteiger partial charge in [-0.05, 0) is 48.9 Å². The molecule has 15 heteroatoms. The maximum absolute atomic E-state index is 13.2. The lowest BCUT2D eigenvalue weighted by Crippen LogP contribution is -2.46. The van der Waals surface area contributed by atoms with Gasteiger partial charge in [0.15, 0.2) is 5.82 Å². The highest BCUT2D eigenvalue weighted by Crippen LogP contribution is 2.38. The maximum Gasteiger partial charge on any atom is 0.405 e. The van der Waals surface area contributed by atoms with E-state index in [1.807, 2.05) is 11.9 Å². The van der Waals surface area contributed by atoms with Crippen molar-refractivity contribution in [2.75, 3.05) is 39.8 Å². The highest BCUT2D eigenvalue weighted by Gasteiger charge is 2.31. The molecule has 1 fully saturated rings. The number of amides is 1. The molecule has 2 heterocycles. The summed E-state index contributed by atoms with van der Waals surface area (Å²) >= 11 is 0. The number of sulfonamides is 1. The van der Waals surface area contributed by atoms with Gasteiger partial charge in [-0.3, -0.25) is 9.36 Å². The zero-order valence-electron chi connectivity index (χ0n) is 22.0. The van der Waals surface area contributed by atoms with Crippen LogP contribution in [0.1, 0.15) is 35.9 Å². The van der Waals surface area contributed by atoms with Crippen LogP contribution in [-0.4, -0.2) is 94.5 Å². The number of aromatic nitrogens is 3. The van der Waals surface area contributed by atoms with Crippen molar-refractivity contribution in [3.63, 3.8) is 0 Å². The van der Waals surface area contributed by atoms with Gasteiger partial charge in [0, 0.05) is 37.9 Å². The van der Waals surface area contributed by atoms with Gasteiger partial charge in [-0.25, -0.2) is 8.42 Å². The van der Waals surface area contributed by atoms with Crippen LogP contribution in [0.15, 0.2) is 41.3 Å². The van der Waals surface area contributed by atoms with E-state index in [0.717, 1.165) is 10.6 Å². The number of benzene rings is 2. The number of phenols is 2. The molecule has 216 valence electrons. The Morgan fingerprint density at radius 2 is 1.65 bits per heavy atom. The highest BCUT2D eigenvalue weighted by atomic mass is 32.2. The predicted octanol–water partition coefficient (Wildman–Crippen LogP) is 2.70. The van der Waals surface area contributed by atoms with Crippen molar-refractivity contribution >= 4 is 15.9 Å². The van der Waals surface area contributed by atoms with E-state index in [1.54, 1.807) is 19.2 Å². The van der Waals surface area contributed by atoms with Crippen LogP contribution in [0.5, 0.6) is 11.5 Å². The van der Waals surface area contributed by atoms with E-state index >= 15 is 0 Å². The number of carbonyl (C=O) groups is 1. The number of halogens is 3. The molecule has 1 amide bonds. The Balaban J connectivity index is 1.80. The lowest BCUT2D eigenvalue weighted by Gasteiger charge is -2.31. The average molecular weight is 583 g/mol. The van der Waals surface area contributed by atoms with Crippen molar-refractivity contribution in [2.24, 2.45) is 0 Å². The van der Waals surface area contributed by atoms with Gasteiger partial charge in [0.05, 0.1) is 10.5 Å². The third-order valence-electron chi connectivity index (χ3n) is 6.52. The normalized spacial score (nSPS) is 15.5. The molecule has 0 saturated carbocycles. The van der Waals surface area contributed by atoms with E-state index in [4.69, 9.17) is 0 Å². The van der Waals surface area contributed by atoms with Crippen LogP contribution >= 0.6 is 0 Å². The molecule has 1 aliphatic rings. The Hall–Kier alpha value is -3.69. The molecule has 2 aromatic carbocycles. The number of hydrogen-bond donors (Lipinski definition) is 3. The summed E-state index contributed by atoms with van der Waals surface area (Å²) in [6, 6.07) is 7.92. The molecule has 1 aliphatic heterocycles. The molecule has 11 nitrogen and oxygen atoms in total. The first-order chi connectivity index (χ1) is 18.7. The first-order valence-corrected chi connectivity index (χ1v) is 13.8. The molecular formula is C25H29F3N6O5S. The molecule has 3 aromatic rings. The molecule has 0 bridgehead atoms. The highest BCUT2D eigenvalue weighted by molar-refractivity contribution is 7.89. The van der Waals surface area contributed by atoms with Gasteiger partial charge >= 0.3 is 6.18 Å². The Kier molecular flexibility index (Phi) is 8.10. The minimum atomic E-state index is -4.68. The number of rotatable bonds is 7. The topological polar surface area (TPSA) is 141 Å². The summed E-state index contributed by atoms with van der Waals surface area (Å²) in [5.41, 5.74) is 0.658. The summed E-state index contributed by atoms with van der Waals surface area (Å²) in [6.07, 6.45) is -4.68. The number of piperazine rings is 1. The predicted molar refractivity (Wildman–Crippen MR) is 139 cm³/mol. The van der Waals surface area contributed by atoms with Gasteiger partial charge < -0.3 is 20.4 Å². The van der Waals surface area contributed by atoms with Crippen LogP contribution < -0.4 is 5.32 Å². The number of likely N-dealkylation sites (N-methyl/N-ethyl adjacent to an activating group) is 1. The summed E-state index contributed by atoms with van der Waals surface area (Å²) in [6.45, 7) is 3.78. The van der Waals surface area contributed by atoms with Crippen molar-refractivity contribution in [1.82, 2.24) is 29.3 Å². The largest absolute Gasteiger partial charge is 0.508 e. The van der Waals surface area contributed by atoms with Gasteiger partial charge in [-0.2, -0.15) is 17.5 Å². The Labute approximate surface area is 228 Å². The molecule has 0 spiro atoms. The Bertz CT molecular complexity index is 1500. The second kappa shape index (κ2) is 11.1. The second-order valence-corrected chi connectivity index (χ2v) is 11.7. The van der Waals surface area contributed by atoms with E-state index in [2.05, 4.69) is 10.2 Å². The number of nitrogens with zero attached hydrogens (tertiary/aromatic N) is 5. The second-order valence-electron chi connectivity index (χ2n) is 9.76. The van der Waals surface area contributed by atoms with Crippen molar-refractivity contribution in [3.05, 3.63) is 47.8 Å². The monoisotopic (exact) mass is 582 g/mol. The summed E-state index contributed by atoms with van der Waals surface area (Å²) in [5, 5.41) is 30.4. The van der Waals surface area contributed by atoms with Gasteiger partial charge in [-0.15, -0.1) is 10.2 Å². The minimum Gasteiger partial charge on any atom is -0.508 e. The first-order valence-electron chi connectivity index (χ1n) is 12.3. The van der Waals surface area contributed by atoms with E-state index in [1.165, 1.54) is 34.6 Å². The molecule has 40 heavy (non-hydrogen) atoms. The van der Waals surface area contributed by atoms with Crippen LogP contribution in [0, 0.1) is 0 Å². The molecule has 4 rings (SSSR count). The fourth-order valence-electron chi connectivity index (χ4n) is 4.29. The first kappa shape index (κ1) is 29.3. The summed E-state index contributed by atoms with van der Waals surface area (Å²) in [5.74, 6) is -2.58. The number of phenolic OH excluding ortho intramolecular Hbond substituents is 2. The standard InChI is InChI=1S/C25H29F3N6O5S/c1-15(2)18-12-19(21(36)13-20(18)35)22-30-31-23(24(37)29-14-25(26,27)28)34(22)16-4-6-17(7-5-16)40(38,39)33-10-8-32(3)9-11-33/h4-7,12-13,15,35-36H,8-11,14H2,1-3H3,(H,29,37). The molecule has 0 unspecified atom stereocenters. The van der Waals surface area contributed by atoms with Crippen molar-refractivity contribution in [3.8, 4) is 28.6 Å². The third kappa shape index (κ3) is 6.05. The molecular weight excluding hydrogens is 553 g/mol. The number of carbonyl (C=O) groups excluding carboxylic acids is 1. The van der Waals surface area contributed by atoms with Crippen molar-refractivity contribution in [2.45, 2.75) is 30.8 Å². The maximum atomic E-state index is 13.2. The van der Waals surface area contributed by atoms with Gasteiger partial charge in [0.2, 0.25) is 15.8 Å². The fraction of sp³-hybridized carbons (Fsp3) is 0.400. The van der Waals surface area contributed by atoms with Crippen molar-refractivity contribution in [1.29, 1.82) is 0 Å². The molecule has 1 saturated heterocycles. The quantitative estimate of drug-likeness (QED) is 0.386. The summed E-state index contributed by atoms with van der Waals surface area (Å²) < 4.78 is 67.2. The zero-order valence-corrected chi connectivity index (χ0v) is 22.8. The molecule has 0 radical (unpaired) electrons. The van der Waals surface area contributed by atoms with Crippen molar-refractivity contribution < 1.29 is 36.6 Å². The Morgan fingerprint density at radius 3 is 2.23 bits per heavy atom. The van der Waals surface area contributed by atoms with Crippen LogP contribution in [0.3, 0.4) is 0 Å². The number of alkyl halides is 3. The lowest BCUT2D eigenvalue weighted by molar-refractivity contribution is -0.123. The minimum absolute atomic E-state index is 0.00641.